The second kappa shape index (κ2) is 7.57. The zero-order chi connectivity index (χ0) is 18.5. The molecule has 3 aromatic rings. The fourth-order valence-electron chi connectivity index (χ4n) is 2.51. The molecular formula is C20H20N4O2+2. The van der Waals surface area contributed by atoms with Crippen molar-refractivity contribution < 1.29 is 19.6 Å². The highest BCUT2D eigenvalue weighted by atomic mass is 16.2. The van der Waals surface area contributed by atoms with Gasteiger partial charge in [-0.25, -0.2) is 30.2 Å². The SMILES string of the molecule is Cc1cccc(NC(=O)c2cccc(C(=O)Nc3cccc(C)[nH+]3)c2)[nH+]1. The zero-order valence-corrected chi connectivity index (χ0v) is 14.6. The number of aromatic nitrogens is 2. The van der Waals surface area contributed by atoms with Crippen molar-refractivity contribution in [1.82, 2.24) is 0 Å². The van der Waals surface area contributed by atoms with E-state index in [0.717, 1.165) is 11.4 Å². The molecule has 2 aromatic heterocycles. The van der Waals surface area contributed by atoms with E-state index >= 15 is 0 Å². The van der Waals surface area contributed by atoms with Crippen molar-refractivity contribution in [1.29, 1.82) is 0 Å². The average molecular weight is 348 g/mol. The Bertz CT molecular complexity index is 895. The highest BCUT2D eigenvalue weighted by Gasteiger charge is 2.18. The first-order chi connectivity index (χ1) is 12.5. The molecule has 0 bridgehead atoms. The Balaban J connectivity index is 1.75. The number of carbonyl (C=O) groups is 2. The molecule has 4 N–H and O–H groups in total. The average Bonchev–Trinajstić information content (AvgIpc) is 2.62. The van der Waals surface area contributed by atoms with Crippen molar-refractivity contribution >= 4 is 23.5 Å². The van der Waals surface area contributed by atoms with Crippen LogP contribution in [0.3, 0.4) is 0 Å². The predicted molar refractivity (Wildman–Crippen MR) is 97.8 cm³/mol. The summed E-state index contributed by atoms with van der Waals surface area (Å²) >= 11 is 0. The quantitative estimate of drug-likeness (QED) is 0.759. The Morgan fingerprint density at radius 1 is 0.692 bits per heavy atom. The van der Waals surface area contributed by atoms with E-state index in [2.05, 4.69) is 20.6 Å². The number of hydrogen-bond acceptors (Lipinski definition) is 2. The van der Waals surface area contributed by atoms with Crippen LogP contribution in [0.5, 0.6) is 0 Å². The molecule has 0 spiro atoms. The van der Waals surface area contributed by atoms with Crippen molar-refractivity contribution in [3.63, 3.8) is 0 Å². The Morgan fingerprint density at radius 2 is 1.12 bits per heavy atom. The molecule has 130 valence electrons. The van der Waals surface area contributed by atoms with Crippen LogP contribution in [0.4, 0.5) is 11.6 Å². The van der Waals surface area contributed by atoms with Gasteiger partial charge in [0.15, 0.2) is 0 Å². The van der Waals surface area contributed by atoms with E-state index in [1.165, 1.54) is 0 Å². The van der Waals surface area contributed by atoms with Crippen LogP contribution >= 0.6 is 0 Å². The number of rotatable bonds is 4. The number of hydrogen-bond donors (Lipinski definition) is 2. The van der Waals surface area contributed by atoms with Crippen molar-refractivity contribution in [3.05, 3.63) is 83.2 Å². The summed E-state index contributed by atoms with van der Waals surface area (Å²) in [7, 11) is 0. The predicted octanol–water partition coefficient (Wildman–Crippen LogP) is 2.44. The molecule has 0 fully saturated rings. The number of aryl methyl sites for hydroxylation is 2. The van der Waals surface area contributed by atoms with Gasteiger partial charge in [0, 0.05) is 12.1 Å². The normalized spacial score (nSPS) is 10.2. The van der Waals surface area contributed by atoms with Crippen LogP contribution in [0.15, 0.2) is 60.7 Å². The van der Waals surface area contributed by atoms with Crippen molar-refractivity contribution in [2.45, 2.75) is 13.8 Å². The number of nitrogens with one attached hydrogen (secondary N) is 4. The lowest BCUT2D eigenvalue weighted by atomic mass is 10.1. The fourth-order valence-corrected chi connectivity index (χ4v) is 2.51. The summed E-state index contributed by atoms with van der Waals surface area (Å²) < 4.78 is 0. The highest BCUT2D eigenvalue weighted by molar-refractivity contribution is 6.07. The minimum Gasteiger partial charge on any atom is -0.245 e. The van der Waals surface area contributed by atoms with E-state index in [1.54, 1.807) is 36.4 Å². The van der Waals surface area contributed by atoms with Gasteiger partial charge in [0.25, 0.3) is 11.6 Å². The summed E-state index contributed by atoms with van der Waals surface area (Å²) in [6.07, 6.45) is 0. The third kappa shape index (κ3) is 4.30. The van der Waals surface area contributed by atoms with Gasteiger partial charge in [-0.2, -0.15) is 0 Å². The lowest BCUT2D eigenvalue weighted by Gasteiger charge is -2.02. The summed E-state index contributed by atoms with van der Waals surface area (Å²) in [5.41, 5.74) is 2.68. The van der Waals surface area contributed by atoms with Gasteiger partial charge in [-0.05, 0) is 44.2 Å². The first kappa shape index (κ1) is 17.3. The lowest BCUT2D eigenvalue weighted by molar-refractivity contribution is -0.370. The molecule has 0 radical (unpaired) electrons. The minimum atomic E-state index is -0.288. The number of H-pyrrole nitrogens is 2. The summed E-state index contributed by atoms with van der Waals surface area (Å²) in [6, 6.07) is 17.6. The Morgan fingerprint density at radius 3 is 1.54 bits per heavy atom. The molecule has 0 unspecified atom stereocenters. The largest absolute Gasteiger partial charge is 0.339 e. The molecule has 26 heavy (non-hydrogen) atoms. The van der Waals surface area contributed by atoms with Gasteiger partial charge >= 0.3 is 11.8 Å². The van der Waals surface area contributed by atoms with Crippen LogP contribution < -0.4 is 20.6 Å². The molecule has 6 heteroatoms. The Labute approximate surface area is 151 Å². The smallest absolute Gasteiger partial charge is 0.245 e. The third-order valence-corrected chi connectivity index (χ3v) is 3.77. The molecule has 2 amide bonds. The third-order valence-electron chi connectivity index (χ3n) is 3.77. The maximum absolute atomic E-state index is 12.4. The number of anilines is 2. The standard InChI is InChI=1S/C20H18N4O2/c1-13-6-3-10-17(21-13)23-19(25)15-8-5-9-16(12-15)20(26)24-18-11-4-7-14(2)22-18/h3-12H,1-2H3,(H,21,23,25)(H,22,24,26)/p+2. The molecule has 0 aliphatic heterocycles. The molecule has 0 aliphatic rings. The highest BCUT2D eigenvalue weighted by Crippen LogP contribution is 2.10. The monoisotopic (exact) mass is 348 g/mol. The van der Waals surface area contributed by atoms with Gasteiger partial charge in [-0.1, -0.05) is 18.2 Å². The summed E-state index contributed by atoms with van der Waals surface area (Å²) in [6.45, 7) is 3.81. The van der Waals surface area contributed by atoms with Crippen LogP contribution in [0.25, 0.3) is 0 Å². The van der Waals surface area contributed by atoms with Crippen molar-refractivity contribution in [2.75, 3.05) is 10.6 Å². The first-order valence-corrected chi connectivity index (χ1v) is 8.22. The maximum atomic E-state index is 12.4. The minimum absolute atomic E-state index is 0.288. The molecule has 1 aromatic carbocycles. The Kier molecular flexibility index (Phi) is 5.03. The second-order valence-corrected chi connectivity index (χ2v) is 5.98. The molecular weight excluding hydrogens is 328 g/mol. The Hall–Kier alpha value is -3.54. The first-order valence-electron chi connectivity index (χ1n) is 8.22. The van der Waals surface area contributed by atoms with E-state index in [4.69, 9.17) is 0 Å². The molecule has 6 nitrogen and oxygen atoms in total. The van der Waals surface area contributed by atoms with Gasteiger partial charge < -0.3 is 0 Å². The number of amides is 2. The van der Waals surface area contributed by atoms with E-state index in [1.807, 2.05) is 38.1 Å². The lowest BCUT2D eigenvalue weighted by Crippen LogP contribution is -2.22. The van der Waals surface area contributed by atoms with Gasteiger partial charge in [-0.15, -0.1) is 0 Å². The fraction of sp³-hybridized carbons (Fsp3) is 0.100. The van der Waals surface area contributed by atoms with Crippen molar-refractivity contribution in [2.24, 2.45) is 0 Å². The van der Waals surface area contributed by atoms with Gasteiger partial charge in [0.2, 0.25) is 0 Å². The van der Waals surface area contributed by atoms with E-state index in [0.29, 0.717) is 22.8 Å². The molecule has 0 saturated carbocycles. The molecule has 2 heterocycles. The second-order valence-electron chi connectivity index (χ2n) is 5.98. The van der Waals surface area contributed by atoms with Crippen LogP contribution in [-0.2, 0) is 0 Å². The van der Waals surface area contributed by atoms with Gasteiger partial charge in [0.05, 0.1) is 22.5 Å². The van der Waals surface area contributed by atoms with Crippen LogP contribution in [0.2, 0.25) is 0 Å². The molecule has 0 atom stereocenters. The molecule has 0 saturated heterocycles. The van der Waals surface area contributed by atoms with E-state index in [-0.39, 0.29) is 11.8 Å². The molecule has 0 aliphatic carbocycles. The van der Waals surface area contributed by atoms with Crippen LogP contribution in [0.1, 0.15) is 32.1 Å². The number of aromatic amines is 2. The number of benzene rings is 1. The zero-order valence-electron chi connectivity index (χ0n) is 14.6. The number of pyridine rings is 2. The number of carbonyl (C=O) groups excluding carboxylic acids is 2. The van der Waals surface area contributed by atoms with E-state index < -0.39 is 0 Å². The van der Waals surface area contributed by atoms with Gasteiger partial charge in [-0.3, -0.25) is 0 Å². The summed E-state index contributed by atoms with van der Waals surface area (Å²) in [4.78, 5) is 31.0. The molecule has 3 rings (SSSR count). The van der Waals surface area contributed by atoms with Gasteiger partial charge in [0.1, 0.15) is 0 Å². The topological polar surface area (TPSA) is 86.5 Å². The van der Waals surface area contributed by atoms with Crippen LogP contribution in [-0.4, -0.2) is 11.8 Å². The maximum Gasteiger partial charge on any atom is 0.339 e. The summed E-state index contributed by atoms with van der Waals surface area (Å²) in [5.74, 6) is 0.616. The van der Waals surface area contributed by atoms with Crippen molar-refractivity contribution in [3.8, 4) is 0 Å². The summed E-state index contributed by atoms with van der Waals surface area (Å²) in [5, 5.41) is 5.58. The van der Waals surface area contributed by atoms with Crippen LogP contribution in [0, 0.1) is 13.8 Å². The van der Waals surface area contributed by atoms with E-state index in [9.17, 15) is 9.59 Å².